The Kier molecular flexibility index (Phi) is 5.45. The first-order valence-electron chi connectivity index (χ1n) is 7.84. The number of thioether (sulfide) groups is 1. The molecule has 0 bridgehead atoms. The zero-order valence-corrected chi connectivity index (χ0v) is 13.4. The molecule has 1 fully saturated rings. The number of hydrogen-bond acceptors (Lipinski definition) is 5. The van der Waals surface area contributed by atoms with Crippen LogP contribution in [0, 0.1) is 0 Å². The second kappa shape index (κ2) is 7.74. The lowest BCUT2D eigenvalue weighted by atomic mass is 10.2. The van der Waals surface area contributed by atoms with Crippen LogP contribution in [-0.4, -0.2) is 44.0 Å². The third kappa shape index (κ3) is 4.30. The molecule has 0 aliphatic carbocycles. The summed E-state index contributed by atoms with van der Waals surface area (Å²) in [6, 6.07) is 6.38. The lowest BCUT2D eigenvalue weighted by molar-refractivity contribution is -0.120. The average Bonchev–Trinajstić information content (AvgIpc) is 3.06. The normalized spacial score (nSPS) is 19.9. The molecule has 2 aliphatic rings. The molecule has 22 heavy (non-hydrogen) atoms. The molecule has 3 rings (SSSR count). The molecular weight excluding hydrogens is 300 g/mol. The highest BCUT2D eigenvalue weighted by Crippen LogP contribution is 2.34. The predicted molar refractivity (Wildman–Crippen MR) is 86.8 cm³/mol. The van der Waals surface area contributed by atoms with E-state index in [0.29, 0.717) is 25.7 Å². The summed E-state index contributed by atoms with van der Waals surface area (Å²) in [5.41, 5.74) is 0. The third-order valence-corrected chi connectivity index (χ3v) is 4.82. The minimum atomic E-state index is 0.124. The van der Waals surface area contributed by atoms with Gasteiger partial charge < -0.3 is 20.1 Å². The molecule has 0 spiro atoms. The van der Waals surface area contributed by atoms with Gasteiger partial charge in [-0.3, -0.25) is 4.79 Å². The lowest BCUT2D eigenvalue weighted by Crippen LogP contribution is -2.37. The van der Waals surface area contributed by atoms with Crippen LogP contribution in [0.15, 0.2) is 23.1 Å². The van der Waals surface area contributed by atoms with Crippen molar-refractivity contribution in [2.75, 3.05) is 32.1 Å². The third-order valence-electron chi connectivity index (χ3n) is 3.82. The molecule has 1 atom stereocenters. The fraction of sp³-hybridized carbons (Fsp3) is 0.562. The Morgan fingerprint density at radius 1 is 1.32 bits per heavy atom. The predicted octanol–water partition coefficient (Wildman–Crippen LogP) is 1.81. The van der Waals surface area contributed by atoms with Gasteiger partial charge in [-0.1, -0.05) is 0 Å². The fourth-order valence-electron chi connectivity index (χ4n) is 2.63. The van der Waals surface area contributed by atoms with Crippen molar-refractivity contribution < 1.29 is 14.3 Å². The minimum absolute atomic E-state index is 0.124. The molecule has 1 saturated heterocycles. The van der Waals surface area contributed by atoms with E-state index in [1.54, 1.807) is 11.8 Å². The quantitative estimate of drug-likeness (QED) is 0.782. The Hall–Kier alpha value is -1.40. The SMILES string of the molecule is O=C(CCSc1ccc2c(c1)OCCO2)NCC1CCCN1. The van der Waals surface area contributed by atoms with E-state index >= 15 is 0 Å². The van der Waals surface area contributed by atoms with Crippen LogP contribution in [0.2, 0.25) is 0 Å². The number of rotatable bonds is 6. The van der Waals surface area contributed by atoms with Crippen molar-refractivity contribution in [3.63, 3.8) is 0 Å². The van der Waals surface area contributed by atoms with Gasteiger partial charge in [0.1, 0.15) is 13.2 Å². The number of nitrogens with one attached hydrogen (secondary N) is 2. The summed E-state index contributed by atoms with van der Waals surface area (Å²) < 4.78 is 11.1. The van der Waals surface area contributed by atoms with Gasteiger partial charge in [0.2, 0.25) is 5.91 Å². The van der Waals surface area contributed by atoms with Gasteiger partial charge in [0.05, 0.1) is 0 Å². The van der Waals surface area contributed by atoms with E-state index in [2.05, 4.69) is 10.6 Å². The molecule has 1 unspecified atom stereocenters. The Balaban J connectivity index is 1.38. The number of hydrogen-bond donors (Lipinski definition) is 2. The first-order valence-corrected chi connectivity index (χ1v) is 8.82. The highest BCUT2D eigenvalue weighted by molar-refractivity contribution is 7.99. The van der Waals surface area contributed by atoms with Gasteiger partial charge >= 0.3 is 0 Å². The Morgan fingerprint density at radius 2 is 2.18 bits per heavy atom. The van der Waals surface area contributed by atoms with E-state index in [0.717, 1.165) is 41.7 Å². The highest BCUT2D eigenvalue weighted by atomic mass is 32.2. The van der Waals surface area contributed by atoms with E-state index in [4.69, 9.17) is 9.47 Å². The molecule has 0 radical (unpaired) electrons. The molecule has 1 amide bonds. The molecule has 1 aromatic rings. The van der Waals surface area contributed by atoms with Crippen molar-refractivity contribution in [3.8, 4) is 11.5 Å². The van der Waals surface area contributed by atoms with E-state index in [9.17, 15) is 4.79 Å². The highest BCUT2D eigenvalue weighted by Gasteiger charge is 2.15. The van der Waals surface area contributed by atoms with Crippen molar-refractivity contribution in [3.05, 3.63) is 18.2 Å². The molecule has 2 aliphatic heterocycles. The maximum Gasteiger partial charge on any atom is 0.220 e. The largest absolute Gasteiger partial charge is 0.486 e. The minimum Gasteiger partial charge on any atom is -0.486 e. The van der Waals surface area contributed by atoms with Gasteiger partial charge in [0, 0.05) is 29.7 Å². The number of fused-ring (bicyclic) bond motifs is 1. The summed E-state index contributed by atoms with van der Waals surface area (Å²) >= 11 is 1.67. The summed E-state index contributed by atoms with van der Waals surface area (Å²) in [6.45, 7) is 3.02. The molecule has 0 saturated carbocycles. The van der Waals surface area contributed by atoms with Crippen LogP contribution in [0.4, 0.5) is 0 Å². The maximum atomic E-state index is 11.8. The van der Waals surface area contributed by atoms with Gasteiger partial charge in [0.25, 0.3) is 0 Å². The van der Waals surface area contributed by atoms with Gasteiger partial charge in [0.15, 0.2) is 11.5 Å². The Morgan fingerprint density at radius 3 is 3.00 bits per heavy atom. The van der Waals surface area contributed by atoms with Crippen LogP contribution >= 0.6 is 11.8 Å². The smallest absolute Gasteiger partial charge is 0.220 e. The van der Waals surface area contributed by atoms with Gasteiger partial charge in [-0.05, 0) is 37.6 Å². The van der Waals surface area contributed by atoms with Crippen LogP contribution in [0.5, 0.6) is 11.5 Å². The topological polar surface area (TPSA) is 59.6 Å². The number of ether oxygens (including phenoxy) is 2. The number of amides is 1. The van der Waals surface area contributed by atoms with Crippen molar-refractivity contribution in [2.45, 2.75) is 30.2 Å². The molecule has 120 valence electrons. The molecule has 2 heterocycles. The fourth-order valence-corrected chi connectivity index (χ4v) is 3.51. The molecule has 5 nitrogen and oxygen atoms in total. The second-order valence-corrected chi connectivity index (χ2v) is 6.67. The van der Waals surface area contributed by atoms with E-state index in [1.165, 1.54) is 6.42 Å². The summed E-state index contributed by atoms with van der Waals surface area (Å²) in [6.07, 6.45) is 2.90. The number of carbonyl (C=O) groups is 1. The van der Waals surface area contributed by atoms with E-state index < -0.39 is 0 Å². The van der Waals surface area contributed by atoms with Crippen molar-refractivity contribution >= 4 is 17.7 Å². The summed E-state index contributed by atoms with van der Waals surface area (Å²) in [5.74, 6) is 2.49. The number of carbonyl (C=O) groups excluding carboxylic acids is 1. The Bertz CT molecular complexity index is 518. The molecule has 0 aromatic heterocycles. The summed E-state index contributed by atoms with van der Waals surface area (Å²) in [4.78, 5) is 12.9. The van der Waals surface area contributed by atoms with Gasteiger partial charge in [-0.2, -0.15) is 0 Å². The van der Waals surface area contributed by atoms with Crippen LogP contribution in [0.25, 0.3) is 0 Å². The zero-order chi connectivity index (χ0) is 15.2. The number of benzene rings is 1. The van der Waals surface area contributed by atoms with Crippen molar-refractivity contribution in [1.29, 1.82) is 0 Å². The molecule has 1 aromatic carbocycles. The molecule has 6 heteroatoms. The van der Waals surface area contributed by atoms with E-state index in [-0.39, 0.29) is 5.91 Å². The van der Waals surface area contributed by atoms with Crippen LogP contribution in [0.3, 0.4) is 0 Å². The van der Waals surface area contributed by atoms with Crippen LogP contribution in [0.1, 0.15) is 19.3 Å². The summed E-state index contributed by atoms with van der Waals surface area (Å²) in [7, 11) is 0. The Labute approximate surface area is 135 Å². The lowest BCUT2D eigenvalue weighted by Gasteiger charge is -2.18. The van der Waals surface area contributed by atoms with Gasteiger partial charge in [-0.15, -0.1) is 11.8 Å². The first-order chi connectivity index (χ1) is 10.8. The standard InChI is InChI=1S/C16H22N2O3S/c19-16(18-11-12-2-1-6-17-12)5-9-22-13-3-4-14-15(10-13)21-8-7-20-14/h3-4,10,12,17H,1-2,5-9,11H2,(H,18,19). The monoisotopic (exact) mass is 322 g/mol. The van der Waals surface area contributed by atoms with E-state index in [1.807, 2.05) is 18.2 Å². The summed E-state index contributed by atoms with van der Waals surface area (Å²) in [5, 5.41) is 6.38. The zero-order valence-electron chi connectivity index (χ0n) is 12.6. The van der Waals surface area contributed by atoms with Gasteiger partial charge in [-0.25, -0.2) is 0 Å². The van der Waals surface area contributed by atoms with Crippen molar-refractivity contribution in [1.82, 2.24) is 10.6 Å². The first kappa shape index (κ1) is 15.5. The van der Waals surface area contributed by atoms with Crippen LogP contribution < -0.4 is 20.1 Å². The second-order valence-electron chi connectivity index (χ2n) is 5.50. The van der Waals surface area contributed by atoms with Crippen LogP contribution in [-0.2, 0) is 4.79 Å². The molecular formula is C16H22N2O3S. The maximum absolute atomic E-state index is 11.8. The average molecular weight is 322 g/mol. The molecule has 2 N–H and O–H groups in total. The van der Waals surface area contributed by atoms with Crippen molar-refractivity contribution in [2.24, 2.45) is 0 Å².